The predicted molar refractivity (Wildman–Crippen MR) is 117 cm³/mol. The van der Waals surface area contributed by atoms with Gasteiger partial charge < -0.3 is 4.74 Å². The molecule has 2 atom stereocenters. The van der Waals surface area contributed by atoms with Gasteiger partial charge in [0.25, 0.3) is 0 Å². The Bertz CT molecular complexity index is 909. The lowest BCUT2D eigenvalue weighted by atomic mass is 9.65. The van der Waals surface area contributed by atoms with Crippen LogP contribution in [-0.4, -0.2) is 20.6 Å². The highest BCUT2D eigenvalue weighted by Crippen LogP contribution is 2.44. The smallest absolute Gasteiger partial charge is 0.243 e. The van der Waals surface area contributed by atoms with Crippen LogP contribution in [0.3, 0.4) is 0 Å². The molecule has 0 aliphatic heterocycles. The highest BCUT2D eigenvalue weighted by Gasteiger charge is 2.50. The summed E-state index contributed by atoms with van der Waals surface area (Å²) in [5.41, 5.74) is 0.816. The summed E-state index contributed by atoms with van der Waals surface area (Å²) in [6.45, 7) is 4.59. The first-order chi connectivity index (χ1) is 12.6. The molecular weight excluding hydrogens is 562 g/mol. The quantitative estimate of drug-likeness (QED) is 0.481. The van der Waals surface area contributed by atoms with E-state index in [4.69, 9.17) is 4.74 Å². The third-order valence-corrected chi connectivity index (χ3v) is 8.81. The lowest BCUT2D eigenvalue weighted by Crippen LogP contribution is -2.61. The zero-order valence-electron chi connectivity index (χ0n) is 14.9. The summed E-state index contributed by atoms with van der Waals surface area (Å²) in [4.78, 5) is 0.204. The molecule has 8 heteroatoms. The van der Waals surface area contributed by atoms with Crippen LogP contribution in [0.1, 0.15) is 25.8 Å². The third kappa shape index (κ3) is 4.67. The molecule has 0 saturated heterocycles. The van der Waals surface area contributed by atoms with Gasteiger partial charge in [0.1, 0.15) is 4.90 Å². The van der Waals surface area contributed by atoms with Crippen LogP contribution < -0.4 is 4.72 Å². The fourth-order valence-electron chi connectivity index (χ4n) is 3.17. The van der Waals surface area contributed by atoms with Crippen molar-refractivity contribution < 1.29 is 13.2 Å². The molecular formula is C19H20Br3NO3S. The molecule has 0 heterocycles. The molecule has 2 unspecified atom stereocenters. The van der Waals surface area contributed by atoms with Gasteiger partial charge in [-0.2, -0.15) is 0 Å². The van der Waals surface area contributed by atoms with E-state index < -0.39 is 10.0 Å². The summed E-state index contributed by atoms with van der Waals surface area (Å²) >= 11 is 10.1. The molecule has 1 fully saturated rings. The first-order valence-corrected chi connectivity index (χ1v) is 12.3. The summed E-state index contributed by atoms with van der Waals surface area (Å²) in [6, 6.07) is 13.2. The second-order valence-electron chi connectivity index (χ2n) is 7.21. The van der Waals surface area contributed by atoms with Crippen LogP contribution in [0, 0.1) is 5.41 Å². The highest BCUT2D eigenvalue weighted by molar-refractivity contribution is 9.11. The first-order valence-electron chi connectivity index (χ1n) is 8.43. The monoisotopic (exact) mass is 579 g/mol. The standard InChI is InChI=1S/C19H20Br3NO3S/c1-19(2)16(10-17(19)26-11-12-6-4-3-5-7-12)23-27(24,25)18-14(21)8-13(20)9-15(18)22/h3-9,16-17,23H,10-11H2,1-2H3. The van der Waals surface area contributed by atoms with Crippen LogP contribution in [0.25, 0.3) is 0 Å². The molecule has 0 radical (unpaired) electrons. The SMILES string of the molecule is CC1(C)C(NS(=O)(=O)c2c(Br)cc(Br)cc2Br)CC1OCc1ccccc1. The van der Waals surface area contributed by atoms with E-state index in [1.807, 2.05) is 44.2 Å². The molecule has 3 rings (SSSR count). The van der Waals surface area contributed by atoms with Crippen LogP contribution in [0.2, 0.25) is 0 Å². The van der Waals surface area contributed by atoms with E-state index in [2.05, 4.69) is 52.5 Å². The van der Waals surface area contributed by atoms with Crippen LogP contribution in [0.4, 0.5) is 0 Å². The Hall–Kier alpha value is -0.250. The number of nitrogens with one attached hydrogen (secondary N) is 1. The van der Waals surface area contributed by atoms with Crippen molar-refractivity contribution in [1.82, 2.24) is 4.72 Å². The normalized spacial score (nSPS) is 21.7. The van der Waals surface area contributed by atoms with Gasteiger partial charge in [-0.3, -0.25) is 0 Å². The molecule has 0 bridgehead atoms. The number of rotatable bonds is 6. The highest BCUT2D eigenvalue weighted by atomic mass is 79.9. The second kappa shape index (κ2) is 8.24. The first kappa shape index (κ1) is 21.5. The van der Waals surface area contributed by atoms with Crippen molar-refractivity contribution in [2.24, 2.45) is 5.41 Å². The Labute approximate surface area is 185 Å². The van der Waals surface area contributed by atoms with E-state index in [1.165, 1.54) is 0 Å². The van der Waals surface area contributed by atoms with E-state index in [-0.39, 0.29) is 22.5 Å². The van der Waals surface area contributed by atoms with Crippen LogP contribution >= 0.6 is 47.8 Å². The van der Waals surface area contributed by atoms with Crippen molar-refractivity contribution in [2.45, 2.75) is 43.9 Å². The van der Waals surface area contributed by atoms with Crippen molar-refractivity contribution in [2.75, 3.05) is 0 Å². The van der Waals surface area contributed by atoms with E-state index in [1.54, 1.807) is 12.1 Å². The second-order valence-corrected chi connectivity index (χ2v) is 11.5. The predicted octanol–water partition coefficient (Wildman–Crippen LogP) is 5.64. The van der Waals surface area contributed by atoms with Crippen molar-refractivity contribution in [3.63, 3.8) is 0 Å². The van der Waals surface area contributed by atoms with Crippen molar-refractivity contribution in [3.8, 4) is 0 Å². The minimum Gasteiger partial charge on any atom is -0.373 e. The van der Waals surface area contributed by atoms with Gasteiger partial charge in [-0.15, -0.1) is 0 Å². The van der Waals surface area contributed by atoms with E-state index >= 15 is 0 Å². The average Bonchev–Trinajstić information content (AvgIpc) is 2.57. The zero-order chi connectivity index (χ0) is 19.8. The van der Waals surface area contributed by atoms with Gasteiger partial charge in [-0.05, 0) is 56.0 Å². The minimum absolute atomic E-state index is 0.00204. The van der Waals surface area contributed by atoms with E-state index in [9.17, 15) is 8.42 Å². The van der Waals surface area contributed by atoms with E-state index in [0.29, 0.717) is 22.0 Å². The summed E-state index contributed by atoms with van der Waals surface area (Å²) in [5.74, 6) is 0. The number of hydrogen-bond acceptors (Lipinski definition) is 3. The Morgan fingerprint density at radius 1 is 1.11 bits per heavy atom. The van der Waals surface area contributed by atoms with Crippen molar-refractivity contribution >= 4 is 57.8 Å². The molecule has 0 amide bonds. The van der Waals surface area contributed by atoms with Crippen LogP contribution in [0.15, 0.2) is 60.8 Å². The Balaban J connectivity index is 1.68. The molecule has 1 aliphatic rings. The molecule has 0 aromatic heterocycles. The van der Waals surface area contributed by atoms with Gasteiger partial charge in [0, 0.05) is 24.9 Å². The van der Waals surface area contributed by atoms with Crippen molar-refractivity contribution in [1.29, 1.82) is 0 Å². The topological polar surface area (TPSA) is 55.4 Å². The molecule has 2 aromatic rings. The third-order valence-electron chi connectivity index (χ3n) is 5.00. The summed E-state index contributed by atoms with van der Waals surface area (Å²) < 4.78 is 36.5. The molecule has 4 nitrogen and oxygen atoms in total. The molecule has 1 saturated carbocycles. The molecule has 1 N–H and O–H groups in total. The average molecular weight is 582 g/mol. The minimum atomic E-state index is -3.68. The molecule has 1 aliphatic carbocycles. The maximum absolute atomic E-state index is 12.9. The van der Waals surface area contributed by atoms with Crippen LogP contribution in [0.5, 0.6) is 0 Å². The van der Waals surface area contributed by atoms with Gasteiger partial charge in [-0.25, -0.2) is 13.1 Å². The van der Waals surface area contributed by atoms with Gasteiger partial charge in [0.2, 0.25) is 10.0 Å². The van der Waals surface area contributed by atoms with E-state index in [0.717, 1.165) is 10.0 Å². The number of sulfonamides is 1. The number of halogens is 3. The lowest BCUT2D eigenvalue weighted by molar-refractivity contribution is -0.119. The number of hydrogen-bond donors (Lipinski definition) is 1. The molecule has 0 spiro atoms. The van der Waals surface area contributed by atoms with Gasteiger partial charge in [0.05, 0.1) is 12.7 Å². The lowest BCUT2D eigenvalue weighted by Gasteiger charge is -2.51. The largest absolute Gasteiger partial charge is 0.373 e. The maximum atomic E-state index is 12.9. The van der Waals surface area contributed by atoms with Gasteiger partial charge in [-0.1, -0.05) is 60.1 Å². The number of benzene rings is 2. The Kier molecular flexibility index (Phi) is 6.55. The molecule has 2 aromatic carbocycles. The fraction of sp³-hybridized carbons (Fsp3) is 0.368. The van der Waals surface area contributed by atoms with Gasteiger partial charge in [0.15, 0.2) is 0 Å². The molecule has 146 valence electrons. The Morgan fingerprint density at radius 3 is 2.26 bits per heavy atom. The fourth-order valence-corrected chi connectivity index (χ4v) is 8.23. The maximum Gasteiger partial charge on any atom is 0.243 e. The zero-order valence-corrected chi connectivity index (χ0v) is 20.5. The summed E-state index contributed by atoms with van der Waals surface area (Å²) in [6.07, 6.45) is 0.646. The molecule has 27 heavy (non-hydrogen) atoms. The van der Waals surface area contributed by atoms with Crippen molar-refractivity contribution in [3.05, 3.63) is 61.4 Å². The summed E-state index contributed by atoms with van der Waals surface area (Å²) in [7, 11) is -3.68. The Morgan fingerprint density at radius 2 is 1.70 bits per heavy atom. The number of ether oxygens (including phenoxy) is 1. The summed E-state index contributed by atoms with van der Waals surface area (Å²) in [5, 5.41) is 0. The van der Waals surface area contributed by atoms with Gasteiger partial charge >= 0.3 is 0 Å². The van der Waals surface area contributed by atoms with Crippen LogP contribution in [-0.2, 0) is 21.4 Å².